The molecule has 0 spiro atoms. The van der Waals surface area contributed by atoms with E-state index in [1.165, 1.54) is 0 Å². The van der Waals surface area contributed by atoms with Crippen LogP contribution in [0.3, 0.4) is 0 Å². The van der Waals surface area contributed by atoms with Crippen molar-refractivity contribution in [2.45, 2.75) is 185 Å². The average Bonchev–Trinajstić information content (AvgIpc) is 3.77. The van der Waals surface area contributed by atoms with E-state index in [-0.39, 0.29) is 24.8 Å². The predicted molar refractivity (Wildman–Crippen MR) is 159 cm³/mol. The molecule has 0 bridgehead atoms. The van der Waals surface area contributed by atoms with Crippen molar-refractivity contribution in [3.63, 3.8) is 0 Å². The molecule has 14 nitrogen and oxygen atoms in total. The molecule has 6 aliphatic heterocycles. The van der Waals surface area contributed by atoms with Gasteiger partial charge in [-0.1, -0.05) is 19.3 Å². The average molecular weight is 673 g/mol. The molecule has 10 atom stereocenters. The number of hydrogen-bond donors (Lipinski definition) is 0. The second-order valence-corrected chi connectivity index (χ2v) is 15.0. The largest absolute Gasteiger partial charge is 0.456 e. The number of ether oxygens (including phenoxy) is 12. The molecule has 6 saturated heterocycles. The Morgan fingerprint density at radius 2 is 0.894 bits per heavy atom. The number of carbonyl (C=O) groups excluding carboxylic acids is 2. The van der Waals surface area contributed by atoms with Crippen LogP contribution in [0.25, 0.3) is 0 Å². The number of esters is 2. The summed E-state index contributed by atoms with van der Waals surface area (Å²) in [6, 6.07) is 0. The second-order valence-electron chi connectivity index (χ2n) is 15.0. The molecule has 47 heavy (non-hydrogen) atoms. The predicted octanol–water partition coefficient (Wildman–Crippen LogP) is 3.60. The zero-order valence-electron chi connectivity index (χ0n) is 28.9. The topological polar surface area (TPSA) is 145 Å². The molecule has 0 saturated carbocycles. The molecule has 0 N–H and O–H groups in total. The van der Waals surface area contributed by atoms with Crippen molar-refractivity contribution >= 4 is 11.9 Å². The van der Waals surface area contributed by atoms with Crippen LogP contribution in [-0.2, 0) is 66.4 Å². The Balaban J connectivity index is 0.906. The second kappa shape index (κ2) is 13.3. The fourth-order valence-corrected chi connectivity index (χ4v) is 7.12. The molecular weight excluding hydrogens is 620 g/mol. The van der Waals surface area contributed by atoms with Crippen molar-refractivity contribution in [1.82, 2.24) is 0 Å². The number of carbonyl (C=O) groups is 2. The van der Waals surface area contributed by atoms with Crippen LogP contribution in [0.15, 0.2) is 0 Å². The van der Waals surface area contributed by atoms with Gasteiger partial charge in [0, 0.05) is 12.8 Å². The third-order valence-electron chi connectivity index (χ3n) is 9.14. The van der Waals surface area contributed by atoms with Gasteiger partial charge in [-0.15, -0.1) is 0 Å². The molecule has 0 radical (unpaired) electrons. The Hall–Kier alpha value is -1.46. The van der Waals surface area contributed by atoms with Gasteiger partial charge in [-0.2, -0.15) is 0 Å². The van der Waals surface area contributed by atoms with Gasteiger partial charge in [0.15, 0.2) is 60.1 Å². The van der Waals surface area contributed by atoms with Crippen LogP contribution < -0.4 is 0 Å². The van der Waals surface area contributed by atoms with Gasteiger partial charge in [-0.25, -0.2) is 0 Å². The smallest absolute Gasteiger partial charge is 0.306 e. The van der Waals surface area contributed by atoms with E-state index in [1.54, 1.807) is 27.7 Å². The molecule has 0 aromatic heterocycles. The van der Waals surface area contributed by atoms with Crippen LogP contribution in [-0.4, -0.2) is 110 Å². The molecule has 268 valence electrons. The van der Waals surface area contributed by atoms with E-state index in [1.807, 2.05) is 27.7 Å². The maximum Gasteiger partial charge on any atom is 0.306 e. The fraction of sp³-hybridized carbons (Fsp3) is 0.939. The minimum absolute atomic E-state index is 0.258. The van der Waals surface area contributed by atoms with Crippen molar-refractivity contribution in [2.24, 2.45) is 0 Å². The molecule has 0 unspecified atom stereocenters. The normalized spacial score (nSPS) is 40.8. The summed E-state index contributed by atoms with van der Waals surface area (Å²) in [4.78, 5) is 25.8. The molecule has 6 aliphatic rings. The Kier molecular flexibility index (Phi) is 10.0. The summed E-state index contributed by atoms with van der Waals surface area (Å²) in [6.45, 7) is 15.2. The highest BCUT2D eigenvalue weighted by Crippen LogP contribution is 2.43. The molecule has 6 rings (SSSR count). The minimum atomic E-state index is -0.842. The van der Waals surface area contributed by atoms with Crippen LogP contribution in [0, 0.1) is 0 Å². The van der Waals surface area contributed by atoms with Gasteiger partial charge >= 0.3 is 11.9 Å². The lowest BCUT2D eigenvalue weighted by atomic mass is 10.1. The van der Waals surface area contributed by atoms with E-state index in [4.69, 9.17) is 56.8 Å². The SMILES string of the molecule is CC1(C)O[C@H]2O[C@H]([C@H]3COC(C)(C)O3)[C@H](OC(=O)CCCCCCCC(=O)O[C@@H]3[C@H]4OC(C)(C)O[C@H]4O[C@@H]3[C@H]3COC(C)(C)O3)[C@H]2O1. The number of unbranched alkanes of at least 4 members (excludes halogenated alkanes) is 4. The molecule has 0 amide bonds. The van der Waals surface area contributed by atoms with Crippen LogP contribution in [0.2, 0.25) is 0 Å². The maximum absolute atomic E-state index is 12.9. The van der Waals surface area contributed by atoms with Crippen molar-refractivity contribution in [3.05, 3.63) is 0 Å². The third kappa shape index (κ3) is 8.30. The van der Waals surface area contributed by atoms with Crippen LogP contribution in [0.5, 0.6) is 0 Å². The standard InChI is InChI=1S/C33H52O14/c1-30(2)36-16-18(42-30)22-24(26-28(40-22)46-32(5,6)44-26)38-20(34)14-12-10-9-11-13-15-21(35)39-25-23(19-17-37-31(3,4)43-19)41-29-27(25)45-33(7,8)47-29/h18-19,22-29H,9-17H2,1-8H3/t18-,19-,22-,23-,24+,25+,26-,27-,28-,29-/m1/s1. The van der Waals surface area contributed by atoms with Gasteiger partial charge in [0.05, 0.1) is 13.2 Å². The van der Waals surface area contributed by atoms with Crippen molar-refractivity contribution < 1.29 is 66.4 Å². The minimum Gasteiger partial charge on any atom is -0.456 e. The molecule has 0 aromatic carbocycles. The molecule has 0 aliphatic carbocycles. The molecule has 6 fully saturated rings. The lowest BCUT2D eigenvalue weighted by Crippen LogP contribution is -2.45. The Morgan fingerprint density at radius 1 is 0.511 bits per heavy atom. The first-order chi connectivity index (χ1) is 22.0. The van der Waals surface area contributed by atoms with E-state index in [2.05, 4.69) is 0 Å². The number of rotatable bonds is 12. The quantitative estimate of drug-likeness (QED) is 0.220. The van der Waals surface area contributed by atoms with Crippen molar-refractivity contribution in [2.75, 3.05) is 13.2 Å². The highest BCUT2D eigenvalue weighted by atomic mass is 16.9. The van der Waals surface area contributed by atoms with Gasteiger partial charge in [0.1, 0.15) is 24.4 Å². The summed E-state index contributed by atoms with van der Waals surface area (Å²) in [5.41, 5.74) is 0. The molecule has 0 aromatic rings. The number of hydrogen-bond acceptors (Lipinski definition) is 14. The first kappa shape index (κ1) is 35.4. The summed E-state index contributed by atoms with van der Waals surface area (Å²) >= 11 is 0. The van der Waals surface area contributed by atoms with Crippen molar-refractivity contribution in [1.29, 1.82) is 0 Å². The maximum atomic E-state index is 12.9. The fourth-order valence-electron chi connectivity index (χ4n) is 7.12. The summed E-state index contributed by atoms with van der Waals surface area (Å²) in [5, 5.41) is 0. The van der Waals surface area contributed by atoms with Gasteiger partial charge in [0.25, 0.3) is 0 Å². The van der Waals surface area contributed by atoms with E-state index in [0.717, 1.165) is 19.3 Å². The lowest BCUT2D eigenvalue weighted by Gasteiger charge is -2.28. The summed E-state index contributed by atoms with van der Waals surface area (Å²) in [7, 11) is 0. The highest BCUT2D eigenvalue weighted by Gasteiger charge is 2.61. The lowest BCUT2D eigenvalue weighted by molar-refractivity contribution is -0.235. The zero-order valence-corrected chi connectivity index (χ0v) is 28.9. The van der Waals surface area contributed by atoms with Crippen LogP contribution >= 0.6 is 0 Å². The van der Waals surface area contributed by atoms with Gasteiger partial charge < -0.3 is 56.8 Å². The van der Waals surface area contributed by atoms with E-state index < -0.39 is 84.6 Å². The Morgan fingerprint density at radius 3 is 1.26 bits per heavy atom. The van der Waals surface area contributed by atoms with Crippen molar-refractivity contribution in [3.8, 4) is 0 Å². The Labute approximate surface area is 276 Å². The summed E-state index contributed by atoms with van der Waals surface area (Å²) in [5.74, 6) is -3.83. The summed E-state index contributed by atoms with van der Waals surface area (Å²) < 4.78 is 71.4. The van der Waals surface area contributed by atoms with E-state index in [0.29, 0.717) is 26.1 Å². The third-order valence-corrected chi connectivity index (χ3v) is 9.14. The first-order valence-corrected chi connectivity index (χ1v) is 17.0. The molecule has 14 heteroatoms. The first-order valence-electron chi connectivity index (χ1n) is 17.0. The van der Waals surface area contributed by atoms with Gasteiger partial charge in [0.2, 0.25) is 0 Å². The number of fused-ring (bicyclic) bond motifs is 2. The Bertz CT molecular complexity index is 1050. The van der Waals surface area contributed by atoms with Gasteiger partial charge in [-0.3, -0.25) is 9.59 Å². The zero-order chi connectivity index (χ0) is 33.8. The molecular formula is C33H52O14. The molecule has 6 heterocycles. The van der Waals surface area contributed by atoms with Gasteiger partial charge in [-0.05, 0) is 68.2 Å². The van der Waals surface area contributed by atoms with Crippen LogP contribution in [0.4, 0.5) is 0 Å². The monoisotopic (exact) mass is 672 g/mol. The highest BCUT2D eigenvalue weighted by molar-refractivity contribution is 5.70. The summed E-state index contributed by atoms with van der Waals surface area (Å²) in [6.07, 6.45) is -1.35. The van der Waals surface area contributed by atoms with E-state index >= 15 is 0 Å². The van der Waals surface area contributed by atoms with E-state index in [9.17, 15) is 9.59 Å². The van der Waals surface area contributed by atoms with Crippen LogP contribution in [0.1, 0.15) is 100 Å².